The van der Waals surface area contributed by atoms with Crippen LogP contribution < -0.4 is 10.1 Å². The van der Waals surface area contributed by atoms with E-state index in [2.05, 4.69) is 5.32 Å². The fourth-order valence-electron chi connectivity index (χ4n) is 3.13. The summed E-state index contributed by atoms with van der Waals surface area (Å²) in [5.41, 5.74) is 1.18. The number of rotatable bonds is 6. The number of hydrogen-bond acceptors (Lipinski definition) is 2. The summed E-state index contributed by atoms with van der Waals surface area (Å²) in [6.45, 7) is 0. The van der Waals surface area contributed by atoms with Gasteiger partial charge >= 0.3 is 0 Å². The summed E-state index contributed by atoms with van der Waals surface area (Å²) < 4.78 is 5.46. The van der Waals surface area contributed by atoms with Crippen LogP contribution in [0.1, 0.15) is 50.1 Å². The lowest BCUT2D eigenvalue weighted by Crippen LogP contribution is -2.18. The maximum absolute atomic E-state index is 6.12. The maximum Gasteiger partial charge on any atom is 0.123 e. The third kappa shape index (κ3) is 3.87. The van der Waals surface area contributed by atoms with Crippen LogP contribution in [-0.4, -0.2) is 14.2 Å². The second-order valence-electron chi connectivity index (χ2n) is 5.46. The second-order valence-corrected chi connectivity index (χ2v) is 5.89. The van der Waals surface area contributed by atoms with Crippen molar-refractivity contribution in [3.63, 3.8) is 0 Å². The molecule has 19 heavy (non-hydrogen) atoms. The van der Waals surface area contributed by atoms with E-state index in [0.717, 1.165) is 23.1 Å². The van der Waals surface area contributed by atoms with Crippen molar-refractivity contribution >= 4 is 11.6 Å². The van der Waals surface area contributed by atoms with Gasteiger partial charge in [-0.1, -0.05) is 37.3 Å². The van der Waals surface area contributed by atoms with Gasteiger partial charge in [-0.05, 0) is 44.0 Å². The summed E-state index contributed by atoms with van der Waals surface area (Å²) >= 11 is 6.12. The van der Waals surface area contributed by atoms with Crippen LogP contribution in [0.3, 0.4) is 0 Å². The number of methoxy groups -OCH3 is 1. The minimum atomic E-state index is 0.328. The first-order chi connectivity index (χ1) is 9.24. The molecule has 3 heteroatoms. The Morgan fingerprint density at radius 2 is 2.11 bits per heavy atom. The predicted octanol–water partition coefficient (Wildman–Crippen LogP) is 4.58. The Bertz CT molecular complexity index is 402. The summed E-state index contributed by atoms with van der Waals surface area (Å²) in [6.07, 6.45) is 8.08. The summed E-state index contributed by atoms with van der Waals surface area (Å²) in [7, 11) is 3.73. The summed E-state index contributed by atoms with van der Waals surface area (Å²) in [4.78, 5) is 0. The second kappa shape index (κ2) is 7.16. The molecule has 0 spiro atoms. The first-order valence-corrected chi connectivity index (χ1v) is 7.63. The zero-order valence-electron chi connectivity index (χ0n) is 11.9. The van der Waals surface area contributed by atoms with Crippen LogP contribution in [0.4, 0.5) is 0 Å². The largest absolute Gasteiger partial charge is 0.496 e. The van der Waals surface area contributed by atoms with Gasteiger partial charge in [-0.3, -0.25) is 0 Å². The zero-order valence-corrected chi connectivity index (χ0v) is 12.7. The molecule has 0 aliphatic heterocycles. The van der Waals surface area contributed by atoms with Gasteiger partial charge in [0, 0.05) is 16.6 Å². The molecule has 1 aliphatic carbocycles. The van der Waals surface area contributed by atoms with Crippen molar-refractivity contribution in [3.8, 4) is 5.75 Å². The van der Waals surface area contributed by atoms with Gasteiger partial charge in [0.2, 0.25) is 0 Å². The van der Waals surface area contributed by atoms with E-state index in [1.54, 1.807) is 7.11 Å². The van der Waals surface area contributed by atoms with E-state index in [9.17, 15) is 0 Å². The Balaban J connectivity index is 2.05. The molecule has 1 atom stereocenters. The van der Waals surface area contributed by atoms with Crippen LogP contribution in [0.2, 0.25) is 5.02 Å². The van der Waals surface area contributed by atoms with Crippen molar-refractivity contribution in [1.29, 1.82) is 0 Å². The minimum absolute atomic E-state index is 0.328. The van der Waals surface area contributed by atoms with E-state index in [1.165, 1.54) is 37.7 Å². The number of halogens is 1. The van der Waals surface area contributed by atoms with E-state index < -0.39 is 0 Å². The van der Waals surface area contributed by atoms with E-state index in [4.69, 9.17) is 16.3 Å². The highest BCUT2D eigenvalue weighted by molar-refractivity contribution is 6.30. The Morgan fingerprint density at radius 1 is 1.37 bits per heavy atom. The molecule has 2 nitrogen and oxygen atoms in total. The lowest BCUT2D eigenvalue weighted by atomic mass is 9.94. The van der Waals surface area contributed by atoms with E-state index in [0.29, 0.717) is 6.04 Å². The molecule has 1 aromatic carbocycles. The Hall–Kier alpha value is -0.730. The lowest BCUT2D eigenvalue weighted by Gasteiger charge is -2.21. The number of ether oxygens (including phenoxy) is 1. The van der Waals surface area contributed by atoms with Crippen LogP contribution in [0.15, 0.2) is 18.2 Å². The highest BCUT2D eigenvalue weighted by Crippen LogP contribution is 2.34. The van der Waals surface area contributed by atoms with Gasteiger partial charge in [0.05, 0.1) is 7.11 Å². The van der Waals surface area contributed by atoms with Crippen molar-refractivity contribution < 1.29 is 4.74 Å². The topological polar surface area (TPSA) is 21.3 Å². The van der Waals surface area contributed by atoms with Crippen LogP contribution in [0.25, 0.3) is 0 Å². The standard InChI is InChI=1S/C16H24ClNO/c1-18-15(9-7-12-5-3-4-6-12)14-11-13(17)8-10-16(14)19-2/h8,10-12,15,18H,3-7,9H2,1-2H3. The van der Waals surface area contributed by atoms with Crippen molar-refractivity contribution in [3.05, 3.63) is 28.8 Å². The third-order valence-corrected chi connectivity index (χ3v) is 4.49. The molecule has 1 fully saturated rings. The normalized spacial score (nSPS) is 17.6. The molecular formula is C16H24ClNO. The molecule has 1 N–H and O–H groups in total. The predicted molar refractivity (Wildman–Crippen MR) is 81.0 cm³/mol. The molecule has 1 aliphatic rings. The van der Waals surface area contributed by atoms with E-state index >= 15 is 0 Å². The molecule has 0 aromatic heterocycles. The van der Waals surface area contributed by atoms with Gasteiger partial charge in [-0.25, -0.2) is 0 Å². The van der Waals surface area contributed by atoms with Gasteiger partial charge < -0.3 is 10.1 Å². The molecule has 0 radical (unpaired) electrons. The number of nitrogens with one attached hydrogen (secondary N) is 1. The summed E-state index contributed by atoms with van der Waals surface area (Å²) in [5, 5.41) is 4.18. The first-order valence-electron chi connectivity index (χ1n) is 7.25. The van der Waals surface area contributed by atoms with E-state index in [-0.39, 0.29) is 0 Å². The molecule has 1 unspecified atom stereocenters. The van der Waals surface area contributed by atoms with Gasteiger partial charge in [0.1, 0.15) is 5.75 Å². The molecule has 1 saturated carbocycles. The fourth-order valence-corrected chi connectivity index (χ4v) is 3.31. The minimum Gasteiger partial charge on any atom is -0.496 e. The number of benzene rings is 1. The van der Waals surface area contributed by atoms with Gasteiger partial charge in [-0.2, -0.15) is 0 Å². The Labute approximate surface area is 121 Å². The molecule has 0 amide bonds. The zero-order chi connectivity index (χ0) is 13.7. The Morgan fingerprint density at radius 3 is 2.74 bits per heavy atom. The van der Waals surface area contributed by atoms with Gasteiger partial charge in [-0.15, -0.1) is 0 Å². The SMILES string of the molecule is CNC(CCC1CCCC1)c1cc(Cl)ccc1OC. The summed E-state index contributed by atoms with van der Waals surface area (Å²) in [6, 6.07) is 6.19. The Kier molecular flexibility index (Phi) is 5.53. The monoisotopic (exact) mass is 281 g/mol. The quantitative estimate of drug-likeness (QED) is 0.824. The molecule has 1 aromatic rings. The average molecular weight is 282 g/mol. The fraction of sp³-hybridized carbons (Fsp3) is 0.625. The van der Waals surface area contributed by atoms with Crippen molar-refractivity contribution in [1.82, 2.24) is 5.32 Å². The van der Waals surface area contributed by atoms with Gasteiger partial charge in [0.25, 0.3) is 0 Å². The molecule has 0 saturated heterocycles. The van der Waals surface area contributed by atoms with Crippen molar-refractivity contribution in [2.45, 2.75) is 44.6 Å². The van der Waals surface area contributed by atoms with Crippen LogP contribution in [0, 0.1) is 5.92 Å². The van der Waals surface area contributed by atoms with E-state index in [1.807, 2.05) is 25.2 Å². The average Bonchev–Trinajstić information content (AvgIpc) is 2.93. The smallest absolute Gasteiger partial charge is 0.123 e. The molecule has 0 heterocycles. The van der Waals surface area contributed by atoms with Crippen LogP contribution in [-0.2, 0) is 0 Å². The molecule has 0 bridgehead atoms. The summed E-state index contributed by atoms with van der Waals surface area (Å²) in [5.74, 6) is 1.84. The van der Waals surface area contributed by atoms with Crippen LogP contribution in [0.5, 0.6) is 5.75 Å². The van der Waals surface area contributed by atoms with Crippen molar-refractivity contribution in [2.75, 3.05) is 14.2 Å². The molecule has 106 valence electrons. The number of hydrogen-bond donors (Lipinski definition) is 1. The van der Waals surface area contributed by atoms with Gasteiger partial charge in [0.15, 0.2) is 0 Å². The van der Waals surface area contributed by atoms with Crippen LogP contribution >= 0.6 is 11.6 Å². The van der Waals surface area contributed by atoms with Crippen molar-refractivity contribution in [2.24, 2.45) is 5.92 Å². The first kappa shape index (κ1) is 14.7. The maximum atomic E-state index is 6.12. The molecule has 2 rings (SSSR count). The third-order valence-electron chi connectivity index (χ3n) is 4.25. The lowest BCUT2D eigenvalue weighted by molar-refractivity contribution is 0.386. The highest BCUT2D eigenvalue weighted by atomic mass is 35.5. The highest BCUT2D eigenvalue weighted by Gasteiger charge is 2.19. The molecular weight excluding hydrogens is 258 g/mol.